The molecule has 122 valence electrons. The van der Waals surface area contributed by atoms with Crippen LogP contribution in [0, 0.1) is 0 Å². The van der Waals surface area contributed by atoms with Gasteiger partial charge in [0.1, 0.15) is 0 Å². The predicted molar refractivity (Wildman–Crippen MR) is 90.9 cm³/mol. The van der Waals surface area contributed by atoms with Gasteiger partial charge in [0.05, 0.1) is 11.8 Å². The summed E-state index contributed by atoms with van der Waals surface area (Å²) in [6.07, 6.45) is 2.22. The summed E-state index contributed by atoms with van der Waals surface area (Å²) in [6.45, 7) is 1.92. The van der Waals surface area contributed by atoms with E-state index in [1.165, 1.54) is 16.4 Å². The molecular formula is C15H18ClN5OS. The third kappa shape index (κ3) is 3.97. The van der Waals surface area contributed by atoms with Crippen molar-refractivity contribution < 1.29 is 4.79 Å². The summed E-state index contributed by atoms with van der Waals surface area (Å²) in [5, 5.41) is 12.3. The minimum Gasteiger partial charge on any atom is -0.349 e. The van der Waals surface area contributed by atoms with Crippen molar-refractivity contribution in [2.24, 2.45) is 0 Å². The van der Waals surface area contributed by atoms with Crippen LogP contribution in [0.5, 0.6) is 0 Å². The van der Waals surface area contributed by atoms with Gasteiger partial charge in [-0.15, -0.1) is 10.2 Å². The van der Waals surface area contributed by atoms with Gasteiger partial charge >= 0.3 is 0 Å². The Kier molecular flexibility index (Phi) is 4.77. The van der Waals surface area contributed by atoms with Gasteiger partial charge in [-0.1, -0.05) is 35.5 Å². The summed E-state index contributed by atoms with van der Waals surface area (Å²) in [7, 11) is 0. The van der Waals surface area contributed by atoms with E-state index in [0.29, 0.717) is 16.1 Å². The first-order valence-electron chi connectivity index (χ1n) is 7.42. The van der Waals surface area contributed by atoms with Crippen LogP contribution in [-0.4, -0.2) is 26.5 Å². The highest BCUT2D eigenvalue weighted by Crippen LogP contribution is 2.39. The molecule has 2 aromatic rings. The van der Waals surface area contributed by atoms with E-state index >= 15 is 0 Å². The van der Waals surface area contributed by atoms with Gasteiger partial charge in [0.2, 0.25) is 11.1 Å². The van der Waals surface area contributed by atoms with Crippen molar-refractivity contribution in [3.05, 3.63) is 40.7 Å². The molecule has 0 bridgehead atoms. The average molecular weight is 352 g/mol. The summed E-state index contributed by atoms with van der Waals surface area (Å²) in [5.41, 5.74) is 0.967. The van der Waals surface area contributed by atoms with Crippen LogP contribution < -0.4 is 11.2 Å². The number of amides is 1. The number of hydrogen-bond acceptors (Lipinski definition) is 5. The number of carbonyl (C=O) groups excluding carboxylic acids is 1. The molecule has 1 atom stereocenters. The summed E-state index contributed by atoms with van der Waals surface area (Å²) < 4.78 is 1.50. The molecule has 1 fully saturated rings. The fourth-order valence-corrected chi connectivity index (χ4v) is 3.15. The Hall–Kier alpha value is -1.73. The Morgan fingerprint density at radius 1 is 1.52 bits per heavy atom. The van der Waals surface area contributed by atoms with Gasteiger partial charge in [-0.25, -0.2) is 4.68 Å². The smallest absolute Gasteiger partial charge is 0.230 e. The Labute approximate surface area is 143 Å². The lowest BCUT2D eigenvalue weighted by Crippen LogP contribution is -2.28. The molecule has 3 rings (SSSR count). The van der Waals surface area contributed by atoms with Gasteiger partial charge in [-0.05, 0) is 37.5 Å². The predicted octanol–water partition coefficient (Wildman–Crippen LogP) is 2.49. The van der Waals surface area contributed by atoms with Crippen LogP contribution >= 0.6 is 23.4 Å². The normalized spacial score (nSPS) is 15.4. The van der Waals surface area contributed by atoms with Crippen molar-refractivity contribution in [1.29, 1.82) is 0 Å². The molecule has 1 amide bonds. The number of nitrogens with two attached hydrogens (primary N) is 1. The maximum atomic E-state index is 12.1. The van der Waals surface area contributed by atoms with E-state index in [-0.39, 0.29) is 17.7 Å². The lowest BCUT2D eigenvalue weighted by Gasteiger charge is -2.14. The quantitative estimate of drug-likeness (QED) is 0.617. The minimum atomic E-state index is -0.112. The largest absolute Gasteiger partial charge is 0.349 e. The van der Waals surface area contributed by atoms with Crippen LogP contribution in [0.4, 0.5) is 0 Å². The molecule has 8 heteroatoms. The molecule has 3 N–H and O–H groups in total. The first kappa shape index (κ1) is 16.1. The first-order chi connectivity index (χ1) is 11.0. The van der Waals surface area contributed by atoms with Crippen LogP contribution in [0.1, 0.15) is 43.1 Å². The maximum Gasteiger partial charge on any atom is 0.230 e. The number of nitrogens with zero attached hydrogens (tertiary/aromatic N) is 3. The topological polar surface area (TPSA) is 85.8 Å². The number of hydrogen-bond donors (Lipinski definition) is 2. The summed E-state index contributed by atoms with van der Waals surface area (Å²) in [6, 6.07) is 7.34. The van der Waals surface area contributed by atoms with Gasteiger partial charge < -0.3 is 11.2 Å². The lowest BCUT2D eigenvalue weighted by atomic mass is 10.1. The first-order valence-corrected chi connectivity index (χ1v) is 8.79. The van der Waals surface area contributed by atoms with Gasteiger partial charge in [0, 0.05) is 10.9 Å². The van der Waals surface area contributed by atoms with Gasteiger partial charge in [0.25, 0.3) is 0 Å². The fraction of sp³-hybridized carbons (Fsp3) is 0.400. The Balaban J connectivity index is 1.53. The van der Waals surface area contributed by atoms with E-state index in [0.717, 1.165) is 24.2 Å². The summed E-state index contributed by atoms with van der Waals surface area (Å²) in [4.78, 5) is 12.1. The molecule has 0 radical (unpaired) electrons. The standard InChI is InChI=1S/C15H18ClN5OS/c1-9(11-3-2-4-12(16)7-11)18-13(22)8-23-15-20-19-14(21(15)17)10-5-6-10/h2-4,7,9-10H,5-6,8,17H2,1H3,(H,18,22)/t9-/m1/s1. The van der Waals surface area contributed by atoms with Gasteiger partial charge in [-0.2, -0.15) is 0 Å². The van der Waals surface area contributed by atoms with E-state index in [9.17, 15) is 4.79 Å². The average Bonchev–Trinajstić information content (AvgIpc) is 3.29. The molecule has 0 saturated heterocycles. The van der Waals surface area contributed by atoms with Crippen LogP contribution in [0.15, 0.2) is 29.4 Å². The SMILES string of the molecule is C[C@@H](NC(=O)CSc1nnc(C2CC2)n1N)c1cccc(Cl)c1. The van der Waals surface area contributed by atoms with Crippen molar-refractivity contribution in [3.63, 3.8) is 0 Å². The number of halogens is 1. The lowest BCUT2D eigenvalue weighted by molar-refractivity contribution is -0.119. The Morgan fingerprint density at radius 3 is 3.00 bits per heavy atom. The molecule has 1 aromatic heterocycles. The number of carbonyl (C=O) groups is 1. The molecule has 1 heterocycles. The van der Waals surface area contributed by atoms with E-state index < -0.39 is 0 Å². The zero-order chi connectivity index (χ0) is 16.4. The Morgan fingerprint density at radius 2 is 2.30 bits per heavy atom. The number of rotatable bonds is 6. The highest BCUT2D eigenvalue weighted by atomic mass is 35.5. The van der Waals surface area contributed by atoms with E-state index in [2.05, 4.69) is 15.5 Å². The molecule has 0 unspecified atom stereocenters. The van der Waals surface area contributed by atoms with E-state index in [1.807, 2.05) is 25.1 Å². The molecule has 0 spiro atoms. The summed E-state index contributed by atoms with van der Waals surface area (Å²) in [5.74, 6) is 7.36. The molecule has 1 aliphatic carbocycles. The fourth-order valence-electron chi connectivity index (χ4n) is 2.28. The zero-order valence-electron chi connectivity index (χ0n) is 12.7. The number of aromatic nitrogens is 3. The van der Waals surface area contributed by atoms with Crippen molar-refractivity contribution in [2.45, 2.75) is 36.9 Å². The molecule has 1 saturated carbocycles. The third-order valence-electron chi connectivity index (χ3n) is 3.69. The van der Waals surface area contributed by atoms with E-state index in [4.69, 9.17) is 17.4 Å². The number of thioether (sulfide) groups is 1. The van der Waals surface area contributed by atoms with Crippen molar-refractivity contribution in [1.82, 2.24) is 20.2 Å². The third-order valence-corrected chi connectivity index (χ3v) is 4.87. The second kappa shape index (κ2) is 6.80. The molecule has 1 aliphatic rings. The van der Waals surface area contributed by atoms with Crippen molar-refractivity contribution in [2.75, 3.05) is 11.6 Å². The second-order valence-corrected chi connectivity index (χ2v) is 7.00. The van der Waals surface area contributed by atoms with Crippen LogP contribution in [0.25, 0.3) is 0 Å². The van der Waals surface area contributed by atoms with Crippen LogP contribution in [0.3, 0.4) is 0 Å². The molecule has 6 nitrogen and oxygen atoms in total. The number of nitrogens with one attached hydrogen (secondary N) is 1. The van der Waals surface area contributed by atoms with Gasteiger partial charge in [-0.3, -0.25) is 4.79 Å². The number of benzene rings is 1. The zero-order valence-corrected chi connectivity index (χ0v) is 14.3. The van der Waals surface area contributed by atoms with Crippen molar-refractivity contribution in [3.8, 4) is 0 Å². The van der Waals surface area contributed by atoms with Crippen molar-refractivity contribution >= 4 is 29.3 Å². The summed E-state index contributed by atoms with van der Waals surface area (Å²) >= 11 is 7.26. The molecule has 23 heavy (non-hydrogen) atoms. The van der Waals surface area contributed by atoms with E-state index in [1.54, 1.807) is 6.07 Å². The van der Waals surface area contributed by atoms with Crippen LogP contribution in [-0.2, 0) is 4.79 Å². The highest BCUT2D eigenvalue weighted by Gasteiger charge is 2.30. The second-order valence-electron chi connectivity index (χ2n) is 5.62. The van der Waals surface area contributed by atoms with Crippen LogP contribution in [0.2, 0.25) is 5.02 Å². The minimum absolute atomic E-state index is 0.0848. The molecular weight excluding hydrogens is 334 g/mol. The molecule has 1 aromatic carbocycles. The van der Waals surface area contributed by atoms with Gasteiger partial charge in [0.15, 0.2) is 5.82 Å². The monoisotopic (exact) mass is 351 g/mol. The molecule has 0 aliphatic heterocycles. The highest BCUT2D eigenvalue weighted by molar-refractivity contribution is 7.99. The maximum absolute atomic E-state index is 12.1. The Bertz CT molecular complexity index is 716. The number of nitrogen functional groups attached to an aromatic ring is 1.